The summed E-state index contributed by atoms with van der Waals surface area (Å²) in [6.07, 6.45) is -4.51. The average Bonchev–Trinajstić information content (AvgIpc) is 3.06. The van der Waals surface area contributed by atoms with Crippen LogP contribution >= 0.6 is 11.8 Å². The summed E-state index contributed by atoms with van der Waals surface area (Å²) in [6, 6.07) is 10.0. The van der Waals surface area contributed by atoms with Crippen molar-refractivity contribution in [3.8, 4) is 0 Å². The van der Waals surface area contributed by atoms with E-state index < -0.39 is 29.3 Å². The molecule has 176 valence electrons. The second-order valence-corrected chi connectivity index (χ2v) is 9.19. The van der Waals surface area contributed by atoms with Gasteiger partial charge >= 0.3 is 18.1 Å². The maximum atomic E-state index is 13.2. The van der Waals surface area contributed by atoms with Crippen LogP contribution in [0.1, 0.15) is 42.3 Å². The lowest BCUT2D eigenvalue weighted by atomic mass is 10.1. The lowest BCUT2D eigenvalue weighted by molar-refractivity contribution is -0.155. The summed E-state index contributed by atoms with van der Waals surface area (Å²) in [5, 5.41) is 0.360. The van der Waals surface area contributed by atoms with Crippen LogP contribution < -0.4 is 0 Å². The molecule has 0 radical (unpaired) electrons. The van der Waals surface area contributed by atoms with Gasteiger partial charge in [0.1, 0.15) is 12.1 Å². The summed E-state index contributed by atoms with van der Waals surface area (Å²) in [4.78, 5) is 28.6. The minimum Gasteiger partial charge on any atom is -0.465 e. The first kappa shape index (κ1) is 24.6. The number of fused-ring (bicyclic) bond motifs is 1. The third-order valence-corrected chi connectivity index (χ3v) is 5.51. The zero-order valence-electron chi connectivity index (χ0n) is 18.5. The predicted octanol–water partition coefficient (Wildman–Crippen LogP) is 5.48. The molecule has 0 bridgehead atoms. The summed E-state index contributed by atoms with van der Waals surface area (Å²) in [7, 11) is 1.29. The molecule has 0 unspecified atom stereocenters. The van der Waals surface area contributed by atoms with Gasteiger partial charge in [0.2, 0.25) is 0 Å². The van der Waals surface area contributed by atoms with Gasteiger partial charge in [0, 0.05) is 5.75 Å². The zero-order valence-corrected chi connectivity index (χ0v) is 19.3. The number of hydrogen-bond donors (Lipinski definition) is 0. The lowest BCUT2D eigenvalue weighted by Crippen LogP contribution is -2.26. The predicted molar refractivity (Wildman–Crippen MR) is 118 cm³/mol. The number of imidazole rings is 1. The maximum absolute atomic E-state index is 13.2. The van der Waals surface area contributed by atoms with Crippen LogP contribution in [-0.2, 0) is 32.7 Å². The van der Waals surface area contributed by atoms with Gasteiger partial charge < -0.3 is 14.0 Å². The van der Waals surface area contributed by atoms with Crippen LogP contribution in [0, 0.1) is 0 Å². The van der Waals surface area contributed by atoms with E-state index in [9.17, 15) is 22.8 Å². The van der Waals surface area contributed by atoms with E-state index in [0.29, 0.717) is 22.0 Å². The SMILES string of the molecule is COC(=O)c1cccc(CSc2nc3cc(C(F)(F)F)ccc3n2CC(=O)OC(C)(C)C)c1. The van der Waals surface area contributed by atoms with E-state index in [1.165, 1.54) is 24.9 Å². The quantitative estimate of drug-likeness (QED) is 0.344. The van der Waals surface area contributed by atoms with Gasteiger partial charge in [0.25, 0.3) is 0 Å². The van der Waals surface area contributed by atoms with Crippen LogP contribution in [0.4, 0.5) is 13.2 Å². The number of hydrogen-bond acceptors (Lipinski definition) is 6. The molecule has 1 aromatic heterocycles. The van der Waals surface area contributed by atoms with E-state index in [4.69, 9.17) is 9.47 Å². The number of thioether (sulfide) groups is 1. The molecule has 0 N–H and O–H groups in total. The topological polar surface area (TPSA) is 70.4 Å². The Morgan fingerprint density at radius 3 is 2.45 bits per heavy atom. The molecule has 3 rings (SSSR count). The molecule has 0 aliphatic heterocycles. The molecule has 0 aliphatic rings. The van der Waals surface area contributed by atoms with E-state index in [0.717, 1.165) is 17.7 Å². The number of carbonyl (C=O) groups is 2. The number of aromatic nitrogens is 2. The Balaban J connectivity index is 1.94. The van der Waals surface area contributed by atoms with Crippen molar-refractivity contribution in [2.75, 3.05) is 7.11 Å². The molecule has 33 heavy (non-hydrogen) atoms. The number of halogens is 3. The van der Waals surface area contributed by atoms with Crippen molar-refractivity contribution in [3.05, 3.63) is 59.2 Å². The normalized spacial score (nSPS) is 12.1. The fourth-order valence-electron chi connectivity index (χ4n) is 3.10. The first-order chi connectivity index (χ1) is 15.4. The Hall–Kier alpha value is -3.01. The first-order valence-corrected chi connectivity index (χ1v) is 11.0. The molecule has 0 amide bonds. The summed E-state index contributed by atoms with van der Waals surface area (Å²) in [5.41, 5.74) is 0.152. The first-order valence-electron chi connectivity index (χ1n) is 9.97. The van der Waals surface area contributed by atoms with E-state index in [-0.39, 0.29) is 12.1 Å². The van der Waals surface area contributed by atoms with Crippen molar-refractivity contribution in [2.24, 2.45) is 0 Å². The molecule has 0 atom stereocenters. The minimum absolute atomic E-state index is 0.124. The largest absolute Gasteiger partial charge is 0.465 e. The van der Waals surface area contributed by atoms with Crippen LogP contribution in [0.3, 0.4) is 0 Å². The molecule has 6 nitrogen and oxygen atoms in total. The Morgan fingerprint density at radius 1 is 1.09 bits per heavy atom. The van der Waals surface area contributed by atoms with Crippen molar-refractivity contribution in [2.45, 2.75) is 50.0 Å². The Bertz CT molecular complexity index is 1180. The average molecular weight is 481 g/mol. The number of nitrogens with zero attached hydrogens (tertiary/aromatic N) is 2. The van der Waals surface area contributed by atoms with Crippen LogP contribution in [0.5, 0.6) is 0 Å². The van der Waals surface area contributed by atoms with Gasteiger partial charge in [-0.15, -0.1) is 0 Å². The lowest BCUT2D eigenvalue weighted by Gasteiger charge is -2.20. The van der Waals surface area contributed by atoms with Gasteiger partial charge in [-0.3, -0.25) is 4.79 Å². The van der Waals surface area contributed by atoms with Crippen LogP contribution in [-0.4, -0.2) is 34.2 Å². The molecule has 3 aromatic rings. The number of carbonyl (C=O) groups excluding carboxylic acids is 2. The van der Waals surface area contributed by atoms with E-state index in [1.807, 2.05) is 6.07 Å². The minimum atomic E-state index is -4.51. The van der Waals surface area contributed by atoms with Gasteiger partial charge in [0.05, 0.1) is 29.3 Å². The van der Waals surface area contributed by atoms with Gasteiger partial charge in [0.15, 0.2) is 5.16 Å². The highest BCUT2D eigenvalue weighted by Gasteiger charge is 2.31. The summed E-state index contributed by atoms with van der Waals surface area (Å²) in [5.74, 6) is -0.635. The highest BCUT2D eigenvalue weighted by Crippen LogP contribution is 2.33. The Kier molecular flexibility index (Phi) is 7.06. The van der Waals surface area contributed by atoms with Crippen LogP contribution in [0.2, 0.25) is 0 Å². The summed E-state index contributed by atoms with van der Waals surface area (Å²) < 4.78 is 51.2. The van der Waals surface area contributed by atoms with Crippen molar-refractivity contribution in [1.29, 1.82) is 0 Å². The van der Waals surface area contributed by atoms with Crippen molar-refractivity contribution >= 4 is 34.7 Å². The van der Waals surface area contributed by atoms with E-state index in [1.54, 1.807) is 43.5 Å². The third-order valence-electron chi connectivity index (χ3n) is 4.46. The summed E-state index contributed by atoms with van der Waals surface area (Å²) >= 11 is 1.24. The molecular formula is C23H23F3N2O4S. The molecule has 0 saturated heterocycles. The molecule has 1 heterocycles. The molecular weight excluding hydrogens is 457 g/mol. The van der Waals surface area contributed by atoms with Crippen molar-refractivity contribution in [1.82, 2.24) is 9.55 Å². The highest BCUT2D eigenvalue weighted by atomic mass is 32.2. The van der Waals surface area contributed by atoms with Gasteiger partial charge in [-0.05, 0) is 56.7 Å². The van der Waals surface area contributed by atoms with E-state index >= 15 is 0 Å². The standard InChI is InChI=1S/C23H23F3N2O4S/c1-22(2,3)32-19(29)12-28-18-9-8-16(23(24,25)26)11-17(18)27-21(28)33-13-14-6-5-7-15(10-14)20(30)31-4/h5-11H,12-13H2,1-4H3. The van der Waals surface area contributed by atoms with Gasteiger partial charge in [-0.1, -0.05) is 23.9 Å². The Morgan fingerprint density at radius 2 is 1.82 bits per heavy atom. The zero-order chi connectivity index (χ0) is 24.4. The van der Waals surface area contributed by atoms with Crippen LogP contribution in [0.15, 0.2) is 47.6 Å². The second kappa shape index (κ2) is 9.46. The fraction of sp³-hybridized carbons (Fsp3) is 0.348. The van der Waals surface area contributed by atoms with Gasteiger partial charge in [-0.25, -0.2) is 9.78 Å². The number of alkyl halides is 3. The fourth-order valence-corrected chi connectivity index (χ4v) is 4.06. The number of methoxy groups -OCH3 is 1. The van der Waals surface area contributed by atoms with Crippen LogP contribution in [0.25, 0.3) is 11.0 Å². The maximum Gasteiger partial charge on any atom is 0.416 e. The molecule has 2 aromatic carbocycles. The summed E-state index contributed by atoms with van der Waals surface area (Å²) in [6.45, 7) is 4.99. The smallest absolute Gasteiger partial charge is 0.416 e. The van der Waals surface area contributed by atoms with Gasteiger partial charge in [-0.2, -0.15) is 13.2 Å². The molecule has 10 heteroatoms. The molecule has 0 fully saturated rings. The monoisotopic (exact) mass is 480 g/mol. The molecule has 0 aliphatic carbocycles. The highest BCUT2D eigenvalue weighted by molar-refractivity contribution is 7.98. The number of rotatable bonds is 6. The van der Waals surface area contributed by atoms with E-state index in [2.05, 4.69) is 4.98 Å². The third kappa shape index (κ3) is 6.28. The molecule has 0 spiro atoms. The number of ether oxygens (including phenoxy) is 2. The van der Waals surface area contributed by atoms with Crippen molar-refractivity contribution in [3.63, 3.8) is 0 Å². The second-order valence-electron chi connectivity index (χ2n) is 8.25. The Labute approximate surface area is 193 Å². The van der Waals surface area contributed by atoms with Crippen molar-refractivity contribution < 1.29 is 32.2 Å². The number of benzene rings is 2. The molecule has 0 saturated carbocycles. The number of esters is 2.